The van der Waals surface area contributed by atoms with Crippen LogP contribution in [-0.2, 0) is 16.6 Å². The first-order valence-corrected chi connectivity index (χ1v) is 9.97. The Hall–Kier alpha value is -2.63. The lowest BCUT2D eigenvalue weighted by Crippen LogP contribution is -2.49. The number of pyridine rings is 1. The van der Waals surface area contributed by atoms with Gasteiger partial charge in [0.2, 0.25) is 5.96 Å². The van der Waals surface area contributed by atoms with E-state index < -0.39 is 10.0 Å². The molecule has 3 heterocycles. The van der Waals surface area contributed by atoms with Gasteiger partial charge in [-0.1, -0.05) is 12.1 Å². The number of aromatic nitrogens is 3. The predicted octanol–water partition coefficient (Wildman–Crippen LogP) is 0.741. The third-order valence-corrected chi connectivity index (χ3v) is 5.71. The van der Waals surface area contributed by atoms with E-state index >= 15 is 0 Å². The predicted molar refractivity (Wildman–Crippen MR) is 97.8 cm³/mol. The van der Waals surface area contributed by atoms with Crippen molar-refractivity contribution in [2.75, 3.05) is 13.3 Å². The Morgan fingerprint density at radius 1 is 1.23 bits per heavy atom. The molecule has 0 aliphatic carbocycles. The van der Waals surface area contributed by atoms with E-state index in [0.717, 1.165) is 17.3 Å². The zero-order valence-corrected chi connectivity index (χ0v) is 15.2. The number of hydrogen-bond donors (Lipinski definition) is 2. The van der Waals surface area contributed by atoms with Gasteiger partial charge in [0.05, 0.1) is 25.1 Å². The SMILES string of the molecule is O=S(=O)(NC1=NCN(Cc2cccnc2)CN1)c1cccc2nsnc12. The molecule has 26 heavy (non-hydrogen) atoms. The van der Waals surface area contributed by atoms with Crippen LogP contribution in [-0.4, -0.2) is 46.3 Å². The summed E-state index contributed by atoms with van der Waals surface area (Å²) in [4.78, 5) is 10.5. The van der Waals surface area contributed by atoms with E-state index in [-0.39, 0.29) is 10.9 Å². The second-order valence-corrected chi connectivity index (χ2v) is 7.85. The molecule has 4 rings (SSSR count). The zero-order chi connectivity index (χ0) is 18.0. The van der Waals surface area contributed by atoms with Crippen molar-refractivity contribution in [1.82, 2.24) is 28.7 Å². The third kappa shape index (κ3) is 3.49. The first kappa shape index (κ1) is 16.8. The number of hydrogen-bond acceptors (Lipinski definition) is 9. The number of benzene rings is 1. The fourth-order valence-corrected chi connectivity index (χ4v) is 4.34. The van der Waals surface area contributed by atoms with Crippen molar-refractivity contribution in [2.45, 2.75) is 11.4 Å². The molecule has 0 saturated carbocycles. The number of fused-ring (bicyclic) bond motifs is 1. The molecule has 0 bridgehead atoms. The number of nitrogens with zero attached hydrogens (tertiary/aromatic N) is 5. The summed E-state index contributed by atoms with van der Waals surface area (Å²) in [5.74, 6) is 0.215. The van der Waals surface area contributed by atoms with E-state index in [4.69, 9.17) is 0 Å². The summed E-state index contributed by atoms with van der Waals surface area (Å²) in [5, 5.41) is 2.99. The monoisotopic (exact) mass is 389 g/mol. The van der Waals surface area contributed by atoms with Gasteiger partial charge in [0.15, 0.2) is 0 Å². The Morgan fingerprint density at radius 3 is 2.92 bits per heavy atom. The van der Waals surface area contributed by atoms with E-state index in [2.05, 4.69) is 28.8 Å². The first-order chi connectivity index (χ1) is 12.6. The van der Waals surface area contributed by atoms with Gasteiger partial charge in [0, 0.05) is 18.9 Å². The van der Waals surface area contributed by atoms with E-state index in [0.29, 0.717) is 30.9 Å². The van der Waals surface area contributed by atoms with Crippen LogP contribution in [0.4, 0.5) is 0 Å². The van der Waals surface area contributed by atoms with Crippen LogP contribution in [0.3, 0.4) is 0 Å². The quantitative estimate of drug-likeness (QED) is 0.677. The highest BCUT2D eigenvalue weighted by Crippen LogP contribution is 2.20. The largest absolute Gasteiger partial charge is 0.343 e. The molecule has 2 N–H and O–H groups in total. The van der Waals surface area contributed by atoms with Gasteiger partial charge < -0.3 is 5.32 Å². The summed E-state index contributed by atoms with van der Waals surface area (Å²) < 4.78 is 36.0. The normalized spacial score (nSPS) is 15.5. The van der Waals surface area contributed by atoms with Crippen LogP contribution in [0.2, 0.25) is 0 Å². The standard InChI is InChI=1S/C15H15N7O2S2/c23-26(24,13-5-1-4-12-14(13)20-25-19-12)21-15-17-9-22(10-18-15)8-11-3-2-6-16-7-11/h1-7H,8-10H2,(H2,17,18,21). The lowest BCUT2D eigenvalue weighted by Gasteiger charge is -2.26. The average molecular weight is 389 g/mol. The van der Waals surface area contributed by atoms with Gasteiger partial charge in [-0.15, -0.1) is 0 Å². The molecule has 9 nitrogen and oxygen atoms in total. The molecule has 1 aliphatic heterocycles. The number of sulfonamides is 1. The molecule has 134 valence electrons. The van der Waals surface area contributed by atoms with E-state index in [1.54, 1.807) is 24.5 Å². The van der Waals surface area contributed by atoms with Crippen molar-refractivity contribution in [3.63, 3.8) is 0 Å². The van der Waals surface area contributed by atoms with Gasteiger partial charge in [0.25, 0.3) is 10.0 Å². The third-order valence-electron chi connectivity index (χ3n) is 3.80. The summed E-state index contributed by atoms with van der Waals surface area (Å²) in [7, 11) is -3.80. The van der Waals surface area contributed by atoms with Crippen molar-refractivity contribution in [3.8, 4) is 0 Å². The van der Waals surface area contributed by atoms with Crippen molar-refractivity contribution >= 4 is 38.7 Å². The van der Waals surface area contributed by atoms with Gasteiger partial charge in [-0.05, 0) is 23.8 Å². The molecular formula is C15H15N7O2S2. The molecule has 0 amide bonds. The summed E-state index contributed by atoms with van der Waals surface area (Å²) >= 11 is 0.981. The van der Waals surface area contributed by atoms with Crippen molar-refractivity contribution in [1.29, 1.82) is 0 Å². The summed E-state index contributed by atoms with van der Waals surface area (Å²) in [5.41, 5.74) is 1.98. The van der Waals surface area contributed by atoms with Crippen molar-refractivity contribution in [3.05, 3.63) is 48.3 Å². The van der Waals surface area contributed by atoms with E-state index in [9.17, 15) is 8.42 Å². The van der Waals surface area contributed by atoms with E-state index in [1.807, 2.05) is 17.0 Å². The maximum absolute atomic E-state index is 12.7. The van der Waals surface area contributed by atoms with Gasteiger partial charge >= 0.3 is 0 Å². The molecule has 11 heteroatoms. The molecule has 2 aromatic heterocycles. The average Bonchev–Trinajstić information content (AvgIpc) is 3.12. The Kier molecular flexibility index (Phi) is 4.49. The molecule has 1 aliphatic rings. The van der Waals surface area contributed by atoms with Gasteiger partial charge in [-0.25, -0.2) is 18.1 Å². The summed E-state index contributed by atoms with van der Waals surface area (Å²) in [6.07, 6.45) is 3.52. The van der Waals surface area contributed by atoms with Crippen LogP contribution in [0.15, 0.2) is 52.6 Å². The van der Waals surface area contributed by atoms with Crippen molar-refractivity contribution < 1.29 is 8.42 Å². The van der Waals surface area contributed by atoms with Crippen LogP contribution in [0.1, 0.15) is 5.56 Å². The second kappa shape index (κ2) is 6.94. The minimum absolute atomic E-state index is 0.0889. The molecule has 3 aromatic rings. The van der Waals surface area contributed by atoms with Crippen LogP contribution in [0.25, 0.3) is 11.0 Å². The topological polar surface area (TPSA) is 112 Å². The Morgan fingerprint density at radius 2 is 2.15 bits per heavy atom. The highest BCUT2D eigenvalue weighted by atomic mass is 32.2. The molecule has 0 radical (unpaired) electrons. The number of aliphatic imine (C=N–C) groups is 1. The van der Waals surface area contributed by atoms with Crippen LogP contribution in [0, 0.1) is 0 Å². The fourth-order valence-electron chi connectivity index (χ4n) is 2.57. The molecule has 0 fully saturated rings. The maximum atomic E-state index is 12.7. The second-order valence-electron chi connectivity index (χ2n) is 5.67. The fraction of sp³-hybridized carbons (Fsp3) is 0.200. The lowest BCUT2D eigenvalue weighted by atomic mass is 10.3. The molecule has 0 atom stereocenters. The summed E-state index contributed by atoms with van der Waals surface area (Å²) in [6.45, 7) is 1.52. The highest BCUT2D eigenvalue weighted by molar-refractivity contribution is 7.90. The molecule has 0 spiro atoms. The van der Waals surface area contributed by atoms with Gasteiger partial charge in [0.1, 0.15) is 15.9 Å². The molecule has 1 aromatic carbocycles. The first-order valence-electron chi connectivity index (χ1n) is 7.75. The molecular weight excluding hydrogens is 374 g/mol. The van der Waals surface area contributed by atoms with Crippen molar-refractivity contribution in [2.24, 2.45) is 4.99 Å². The van der Waals surface area contributed by atoms with Gasteiger partial charge in [-0.2, -0.15) is 8.75 Å². The minimum atomic E-state index is -3.80. The lowest BCUT2D eigenvalue weighted by molar-refractivity contribution is 0.255. The number of guanidine groups is 1. The summed E-state index contributed by atoms with van der Waals surface area (Å²) in [6, 6.07) is 8.74. The van der Waals surface area contributed by atoms with Gasteiger partial charge in [-0.3, -0.25) is 9.88 Å². The van der Waals surface area contributed by atoms with Crippen LogP contribution >= 0.6 is 11.7 Å². The Labute approximate surface area is 154 Å². The van der Waals surface area contributed by atoms with Crippen LogP contribution in [0.5, 0.6) is 0 Å². The zero-order valence-electron chi connectivity index (χ0n) is 13.5. The molecule has 0 saturated heterocycles. The Bertz CT molecular complexity index is 1050. The highest BCUT2D eigenvalue weighted by Gasteiger charge is 2.23. The minimum Gasteiger partial charge on any atom is -0.343 e. The number of nitrogens with one attached hydrogen (secondary N) is 2. The maximum Gasteiger partial charge on any atom is 0.266 e. The molecule has 0 unspecified atom stereocenters. The Balaban J connectivity index is 1.47. The van der Waals surface area contributed by atoms with E-state index in [1.165, 1.54) is 6.07 Å². The smallest absolute Gasteiger partial charge is 0.266 e. The van der Waals surface area contributed by atoms with Crippen LogP contribution < -0.4 is 10.0 Å². The number of rotatable bonds is 4.